The highest BCUT2D eigenvalue weighted by Gasteiger charge is 2.37. The van der Waals surface area contributed by atoms with E-state index in [0.717, 1.165) is 0 Å². The number of hydrogen-bond acceptors (Lipinski definition) is 1. The van der Waals surface area contributed by atoms with Gasteiger partial charge in [-0.3, -0.25) is 0 Å². The van der Waals surface area contributed by atoms with E-state index in [1.165, 1.54) is 0 Å². The summed E-state index contributed by atoms with van der Waals surface area (Å²) in [5.41, 5.74) is -1.24. The lowest BCUT2D eigenvalue weighted by Crippen LogP contribution is -2.22. The quantitative estimate of drug-likeness (QED) is 0.511. The van der Waals surface area contributed by atoms with Crippen LogP contribution in [0.2, 0.25) is 0 Å². The predicted molar refractivity (Wildman–Crippen MR) is 27.4 cm³/mol. The number of hydrogen-bond donors (Lipinski definition) is 0. The van der Waals surface area contributed by atoms with Crippen LogP contribution in [0.3, 0.4) is 0 Å². The molecule has 0 saturated carbocycles. The Morgan fingerprint density at radius 3 is 2.20 bits per heavy atom. The minimum absolute atomic E-state index is 0.405. The molecule has 0 aromatic carbocycles. The first-order valence-corrected chi connectivity index (χ1v) is 2.24. The molecule has 0 bridgehead atoms. The van der Waals surface area contributed by atoms with Crippen LogP contribution in [0.4, 0.5) is 18.0 Å². The van der Waals surface area contributed by atoms with Crippen molar-refractivity contribution in [3.8, 4) is 0 Å². The fraction of sp³-hybridized carbons (Fsp3) is 0.250. The van der Waals surface area contributed by atoms with Crippen LogP contribution < -0.4 is 0 Å². The van der Waals surface area contributed by atoms with E-state index in [9.17, 15) is 18.0 Å². The Balaban J connectivity index is 2.88. The van der Waals surface area contributed by atoms with Gasteiger partial charge in [0.25, 0.3) is 0 Å². The summed E-state index contributed by atoms with van der Waals surface area (Å²) in [5, 5.41) is 0. The summed E-state index contributed by atoms with van der Waals surface area (Å²) in [4.78, 5) is 15.4. The first-order valence-electron chi connectivity index (χ1n) is 2.24. The fourth-order valence-corrected chi connectivity index (χ4v) is 0.414. The van der Waals surface area contributed by atoms with Crippen LogP contribution >= 0.6 is 0 Å². The largest absolute Gasteiger partial charge is 0.435 e. The summed E-state index contributed by atoms with van der Waals surface area (Å²) in [7, 11) is 0. The fourth-order valence-electron chi connectivity index (χ4n) is 0.414. The van der Waals surface area contributed by atoms with E-state index in [1.807, 2.05) is 0 Å². The van der Waals surface area contributed by atoms with E-state index in [0.29, 0.717) is 6.21 Å². The van der Waals surface area contributed by atoms with Gasteiger partial charge >= 0.3 is 12.2 Å². The second kappa shape index (κ2) is 1.89. The minimum Gasteiger partial charge on any atom is -0.244 e. The summed E-state index contributed by atoms with van der Waals surface area (Å²) in [5.74, 6) is 0. The number of rotatable bonds is 0. The van der Waals surface area contributed by atoms with Crippen LogP contribution in [-0.4, -0.2) is 24.1 Å². The van der Waals surface area contributed by atoms with E-state index in [-0.39, 0.29) is 0 Å². The molecule has 10 heavy (non-hydrogen) atoms. The van der Waals surface area contributed by atoms with Crippen molar-refractivity contribution in [1.29, 1.82) is 0 Å². The van der Waals surface area contributed by atoms with Gasteiger partial charge in [0.2, 0.25) is 0 Å². The molecular formula is C4HF3N2O. The zero-order valence-electron chi connectivity index (χ0n) is 4.51. The molecule has 0 aromatic rings. The second-order valence-corrected chi connectivity index (χ2v) is 1.54. The summed E-state index contributed by atoms with van der Waals surface area (Å²) in [6.07, 6.45) is -4.15. The first-order chi connectivity index (χ1) is 4.50. The van der Waals surface area contributed by atoms with Crippen molar-refractivity contribution in [3.05, 3.63) is 0 Å². The number of urea groups is 1. The molecular weight excluding hydrogens is 149 g/mol. The molecule has 2 amide bonds. The molecule has 0 aliphatic carbocycles. The summed E-state index contributed by atoms with van der Waals surface area (Å²) in [6, 6.07) is -1.10. The van der Waals surface area contributed by atoms with Gasteiger partial charge in [0.05, 0.1) is 6.21 Å². The van der Waals surface area contributed by atoms with Gasteiger partial charge in [0, 0.05) is 0 Å². The first kappa shape index (κ1) is 6.91. The Bertz CT molecular complexity index is 227. The van der Waals surface area contributed by atoms with Gasteiger partial charge in [-0.1, -0.05) is 0 Å². The van der Waals surface area contributed by atoms with Gasteiger partial charge in [-0.25, -0.2) is 4.79 Å². The molecule has 0 unspecified atom stereocenters. The number of carbonyl (C=O) groups is 1. The van der Waals surface area contributed by atoms with Crippen molar-refractivity contribution in [1.82, 2.24) is 0 Å². The van der Waals surface area contributed by atoms with Crippen LogP contribution in [0, 0.1) is 0 Å². The van der Waals surface area contributed by atoms with Crippen LogP contribution in [0.5, 0.6) is 0 Å². The molecule has 0 fully saturated rings. The molecule has 0 N–H and O–H groups in total. The third kappa shape index (κ3) is 1.20. The van der Waals surface area contributed by atoms with Gasteiger partial charge in [-0.05, 0) is 0 Å². The van der Waals surface area contributed by atoms with Gasteiger partial charge < -0.3 is 0 Å². The van der Waals surface area contributed by atoms with E-state index in [2.05, 4.69) is 9.98 Å². The van der Waals surface area contributed by atoms with E-state index >= 15 is 0 Å². The lowest BCUT2D eigenvalue weighted by molar-refractivity contribution is -0.0562. The zero-order valence-corrected chi connectivity index (χ0v) is 4.51. The molecule has 6 heteroatoms. The topological polar surface area (TPSA) is 41.8 Å². The van der Waals surface area contributed by atoms with Crippen LogP contribution in [-0.2, 0) is 0 Å². The number of amides is 2. The minimum atomic E-state index is -4.56. The molecule has 0 saturated heterocycles. The highest BCUT2D eigenvalue weighted by atomic mass is 19.4. The second-order valence-electron chi connectivity index (χ2n) is 1.54. The normalized spacial score (nSPS) is 17.9. The van der Waals surface area contributed by atoms with Crippen molar-refractivity contribution in [2.24, 2.45) is 9.98 Å². The van der Waals surface area contributed by atoms with Crippen LogP contribution in [0.15, 0.2) is 9.98 Å². The van der Waals surface area contributed by atoms with Crippen molar-refractivity contribution in [2.45, 2.75) is 6.18 Å². The molecule has 0 spiro atoms. The number of alkyl halides is 3. The Morgan fingerprint density at radius 2 is 2.00 bits per heavy atom. The monoisotopic (exact) mass is 150 g/mol. The standard InChI is InChI=1S/C4HF3N2O/c5-4(6,7)2-1-8-3(10)9-2/h1H. The molecule has 0 atom stereocenters. The molecule has 0 aromatic heterocycles. The van der Waals surface area contributed by atoms with Crippen molar-refractivity contribution < 1.29 is 18.0 Å². The lowest BCUT2D eigenvalue weighted by atomic mass is 10.4. The van der Waals surface area contributed by atoms with E-state index in [4.69, 9.17) is 0 Å². The van der Waals surface area contributed by atoms with E-state index in [1.54, 1.807) is 0 Å². The van der Waals surface area contributed by atoms with Crippen LogP contribution in [0.25, 0.3) is 0 Å². The molecule has 1 heterocycles. The Labute approximate surface area is 53.3 Å². The van der Waals surface area contributed by atoms with Gasteiger partial charge in [-0.2, -0.15) is 23.2 Å². The molecule has 3 nitrogen and oxygen atoms in total. The lowest BCUT2D eigenvalue weighted by Gasteiger charge is -1.99. The molecule has 0 radical (unpaired) electrons. The highest BCUT2D eigenvalue weighted by Crippen LogP contribution is 2.18. The maximum Gasteiger partial charge on any atom is 0.435 e. The van der Waals surface area contributed by atoms with Gasteiger partial charge in [0.15, 0.2) is 5.71 Å². The van der Waals surface area contributed by atoms with Crippen molar-refractivity contribution in [3.63, 3.8) is 0 Å². The molecule has 1 rings (SSSR count). The third-order valence-electron chi connectivity index (χ3n) is 0.804. The predicted octanol–water partition coefficient (Wildman–Crippen LogP) is 1.19. The van der Waals surface area contributed by atoms with Gasteiger partial charge in [0.1, 0.15) is 0 Å². The third-order valence-corrected chi connectivity index (χ3v) is 0.804. The SMILES string of the molecule is O=C1N=CC(C(F)(F)F)=N1. The molecule has 54 valence electrons. The van der Waals surface area contributed by atoms with Crippen LogP contribution in [0.1, 0.15) is 0 Å². The summed E-state index contributed by atoms with van der Waals surface area (Å²) < 4.78 is 34.7. The van der Waals surface area contributed by atoms with Crippen molar-refractivity contribution >= 4 is 18.0 Å². The Hall–Kier alpha value is -1.20. The number of aliphatic imine (C=N–C) groups is 2. The number of nitrogens with zero attached hydrogens (tertiary/aromatic N) is 2. The average molecular weight is 150 g/mol. The van der Waals surface area contributed by atoms with Gasteiger partial charge in [-0.15, -0.1) is 0 Å². The Kier molecular flexibility index (Phi) is 1.31. The smallest absolute Gasteiger partial charge is 0.244 e. The number of halogens is 3. The zero-order chi connectivity index (χ0) is 7.78. The average Bonchev–Trinajstić information content (AvgIpc) is 2.11. The van der Waals surface area contributed by atoms with Crippen molar-refractivity contribution in [2.75, 3.05) is 0 Å². The molecule has 1 aliphatic rings. The highest BCUT2D eigenvalue weighted by molar-refractivity contribution is 6.39. The Morgan fingerprint density at radius 1 is 1.40 bits per heavy atom. The summed E-state index contributed by atoms with van der Waals surface area (Å²) in [6.45, 7) is 0. The maximum atomic E-state index is 11.6. The maximum absolute atomic E-state index is 11.6. The summed E-state index contributed by atoms with van der Waals surface area (Å²) >= 11 is 0. The number of carbonyl (C=O) groups excluding carboxylic acids is 1. The molecule has 1 aliphatic heterocycles. The van der Waals surface area contributed by atoms with E-state index < -0.39 is 17.9 Å².